The Morgan fingerprint density at radius 3 is 2.89 bits per heavy atom. The van der Waals surface area contributed by atoms with Crippen LogP contribution in [-0.2, 0) is 4.79 Å². The summed E-state index contributed by atoms with van der Waals surface area (Å²) < 4.78 is 13.7. The van der Waals surface area contributed by atoms with E-state index in [1.54, 1.807) is 6.92 Å². The van der Waals surface area contributed by atoms with E-state index in [9.17, 15) is 9.18 Å². The van der Waals surface area contributed by atoms with Crippen molar-refractivity contribution >= 4 is 28.9 Å². The summed E-state index contributed by atoms with van der Waals surface area (Å²) in [6.45, 7) is 2.11. The Morgan fingerprint density at radius 2 is 2.28 bits per heavy atom. The van der Waals surface area contributed by atoms with Gasteiger partial charge in [0.1, 0.15) is 5.69 Å². The summed E-state index contributed by atoms with van der Waals surface area (Å²) in [6, 6.07) is 4.25. The number of hydrogen-bond donors (Lipinski definition) is 1. The first-order valence-corrected chi connectivity index (χ1v) is 5.97. The lowest BCUT2D eigenvalue weighted by Gasteiger charge is -2.15. The van der Waals surface area contributed by atoms with Crippen molar-refractivity contribution in [3.63, 3.8) is 0 Å². The van der Waals surface area contributed by atoms with Crippen LogP contribution >= 0.6 is 11.6 Å². The minimum atomic E-state index is -0.569. The van der Waals surface area contributed by atoms with Gasteiger partial charge in [-0.2, -0.15) is 10.1 Å². The van der Waals surface area contributed by atoms with E-state index in [-0.39, 0.29) is 22.5 Å². The highest BCUT2D eigenvalue weighted by atomic mass is 35.5. The Bertz CT molecular complexity index is 498. The van der Waals surface area contributed by atoms with Crippen molar-refractivity contribution in [3.8, 4) is 0 Å². The molecule has 1 amide bonds. The number of nitrogens with zero attached hydrogens (tertiary/aromatic N) is 2. The number of halogens is 2. The Kier molecular flexibility index (Phi) is 3.63. The standard InChI is InChI=1S/C12H13ClFN3O/c1-7-8(5-6-15)12(18)17(16-7)11-9(13)3-2-4-10(11)14/h2-4,8H,5-6,15H2,1H3. The van der Waals surface area contributed by atoms with Crippen molar-refractivity contribution in [2.45, 2.75) is 13.3 Å². The number of anilines is 1. The van der Waals surface area contributed by atoms with Gasteiger partial charge in [0.05, 0.1) is 10.9 Å². The smallest absolute Gasteiger partial charge is 0.256 e. The molecule has 0 aliphatic carbocycles. The molecule has 1 aliphatic heterocycles. The van der Waals surface area contributed by atoms with Gasteiger partial charge >= 0.3 is 0 Å². The van der Waals surface area contributed by atoms with E-state index in [0.717, 1.165) is 5.01 Å². The van der Waals surface area contributed by atoms with Crippen LogP contribution in [0, 0.1) is 11.7 Å². The van der Waals surface area contributed by atoms with E-state index in [2.05, 4.69) is 5.10 Å². The number of benzene rings is 1. The average Bonchev–Trinajstić information content (AvgIpc) is 2.58. The van der Waals surface area contributed by atoms with E-state index in [4.69, 9.17) is 17.3 Å². The Balaban J connectivity index is 2.39. The predicted molar refractivity (Wildman–Crippen MR) is 69.2 cm³/mol. The van der Waals surface area contributed by atoms with Crippen LogP contribution in [0.3, 0.4) is 0 Å². The number of rotatable bonds is 3. The summed E-state index contributed by atoms with van der Waals surface area (Å²) in [5.74, 6) is -1.24. The van der Waals surface area contributed by atoms with Crippen molar-refractivity contribution in [1.82, 2.24) is 0 Å². The topological polar surface area (TPSA) is 58.7 Å². The van der Waals surface area contributed by atoms with Crippen LogP contribution in [-0.4, -0.2) is 18.2 Å². The van der Waals surface area contributed by atoms with Gasteiger partial charge in [0, 0.05) is 5.71 Å². The van der Waals surface area contributed by atoms with Gasteiger partial charge in [0.2, 0.25) is 0 Å². The zero-order valence-electron chi connectivity index (χ0n) is 9.86. The van der Waals surface area contributed by atoms with Gasteiger partial charge < -0.3 is 5.73 Å². The number of carbonyl (C=O) groups excluding carboxylic acids is 1. The molecule has 6 heteroatoms. The number of para-hydroxylation sites is 1. The fourth-order valence-electron chi connectivity index (χ4n) is 1.95. The number of carbonyl (C=O) groups is 1. The first kappa shape index (κ1) is 13.0. The molecule has 0 saturated heterocycles. The highest BCUT2D eigenvalue weighted by Gasteiger charge is 2.35. The van der Waals surface area contributed by atoms with Crippen molar-refractivity contribution in [1.29, 1.82) is 0 Å². The van der Waals surface area contributed by atoms with Crippen LogP contribution in [0.5, 0.6) is 0 Å². The summed E-state index contributed by atoms with van der Waals surface area (Å²) in [5.41, 5.74) is 6.08. The van der Waals surface area contributed by atoms with Crippen molar-refractivity contribution < 1.29 is 9.18 Å². The molecular weight excluding hydrogens is 257 g/mol. The maximum Gasteiger partial charge on any atom is 0.256 e. The third-order valence-corrected chi connectivity index (χ3v) is 3.18. The zero-order chi connectivity index (χ0) is 13.3. The molecule has 2 rings (SSSR count). The molecule has 0 radical (unpaired) electrons. The second-order valence-electron chi connectivity index (χ2n) is 4.09. The second-order valence-corrected chi connectivity index (χ2v) is 4.50. The monoisotopic (exact) mass is 269 g/mol. The molecule has 18 heavy (non-hydrogen) atoms. The SMILES string of the molecule is CC1=NN(c2c(F)cccc2Cl)C(=O)C1CCN. The van der Waals surface area contributed by atoms with E-state index < -0.39 is 5.82 Å². The van der Waals surface area contributed by atoms with Crippen LogP contribution in [0.2, 0.25) is 5.02 Å². The van der Waals surface area contributed by atoms with Crippen LogP contribution < -0.4 is 10.7 Å². The lowest BCUT2D eigenvalue weighted by molar-refractivity contribution is -0.119. The highest BCUT2D eigenvalue weighted by Crippen LogP contribution is 2.33. The minimum Gasteiger partial charge on any atom is -0.330 e. The van der Waals surface area contributed by atoms with E-state index >= 15 is 0 Å². The first-order valence-electron chi connectivity index (χ1n) is 5.59. The van der Waals surface area contributed by atoms with Gasteiger partial charge in [-0.25, -0.2) is 4.39 Å². The Hall–Kier alpha value is -1.46. The maximum absolute atomic E-state index is 13.7. The van der Waals surface area contributed by atoms with Crippen molar-refractivity contribution in [3.05, 3.63) is 29.0 Å². The number of hydrogen-bond acceptors (Lipinski definition) is 3. The molecule has 0 saturated carbocycles. The molecule has 96 valence electrons. The predicted octanol–water partition coefficient (Wildman–Crippen LogP) is 2.17. The molecule has 0 spiro atoms. The Labute approximate surface area is 109 Å². The molecule has 2 N–H and O–H groups in total. The normalized spacial score (nSPS) is 19.3. The average molecular weight is 270 g/mol. The zero-order valence-corrected chi connectivity index (χ0v) is 10.6. The summed E-state index contributed by atoms with van der Waals surface area (Å²) in [5, 5.41) is 5.28. The quantitative estimate of drug-likeness (QED) is 0.914. The summed E-state index contributed by atoms with van der Waals surface area (Å²) in [4.78, 5) is 12.1. The fourth-order valence-corrected chi connectivity index (χ4v) is 2.20. The fraction of sp³-hybridized carbons (Fsp3) is 0.333. The first-order chi connectivity index (χ1) is 8.56. The molecule has 1 unspecified atom stereocenters. The molecule has 0 fully saturated rings. The molecule has 4 nitrogen and oxygen atoms in total. The molecule has 1 atom stereocenters. The van der Waals surface area contributed by atoms with Gasteiger partial charge in [0.25, 0.3) is 5.91 Å². The third kappa shape index (κ3) is 2.11. The number of hydrazone groups is 1. The molecule has 1 aromatic carbocycles. The van der Waals surface area contributed by atoms with Crippen LogP contribution in [0.25, 0.3) is 0 Å². The third-order valence-electron chi connectivity index (χ3n) is 2.87. The lowest BCUT2D eigenvalue weighted by Crippen LogP contribution is -2.29. The van der Waals surface area contributed by atoms with E-state index in [1.807, 2.05) is 0 Å². The van der Waals surface area contributed by atoms with Crippen LogP contribution in [0.1, 0.15) is 13.3 Å². The maximum atomic E-state index is 13.7. The highest BCUT2D eigenvalue weighted by molar-refractivity contribution is 6.34. The van der Waals surface area contributed by atoms with Gasteiger partial charge in [-0.05, 0) is 32.0 Å². The van der Waals surface area contributed by atoms with Gasteiger partial charge in [-0.15, -0.1) is 0 Å². The van der Waals surface area contributed by atoms with Gasteiger partial charge in [-0.3, -0.25) is 4.79 Å². The molecule has 0 bridgehead atoms. The molecular formula is C12H13ClFN3O. The summed E-state index contributed by atoms with van der Waals surface area (Å²) in [7, 11) is 0. The molecule has 1 heterocycles. The van der Waals surface area contributed by atoms with E-state index in [1.165, 1.54) is 18.2 Å². The largest absolute Gasteiger partial charge is 0.330 e. The molecule has 0 aromatic heterocycles. The number of nitrogens with two attached hydrogens (primary N) is 1. The van der Waals surface area contributed by atoms with Crippen molar-refractivity contribution in [2.75, 3.05) is 11.6 Å². The molecule has 1 aromatic rings. The van der Waals surface area contributed by atoms with E-state index in [0.29, 0.717) is 18.7 Å². The summed E-state index contributed by atoms with van der Waals surface area (Å²) in [6.07, 6.45) is 0.497. The van der Waals surface area contributed by atoms with Crippen LogP contribution in [0.15, 0.2) is 23.3 Å². The Morgan fingerprint density at radius 1 is 1.56 bits per heavy atom. The molecule has 1 aliphatic rings. The lowest BCUT2D eigenvalue weighted by atomic mass is 10.0. The van der Waals surface area contributed by atoms with Gasteiger partial charge in [0.15, 0.2) is 5.82 Å². The van der Waals surface area contributed by atoms with Crippen molar-refractivity contribution in [2.24, 2.45) is 16.8 Å². The summed E-state index contributed by atoms with van der Waals surface area (Å²) >= 11 is 5.92. The minimum absolute atomic E-state index is 0.00281. The number of amides is 1. The van der Waals surface area contributed by atoms with Gasteiger partial charge in [-0.1, -0.05) is 17.7 Å². The van der Waals surface area contributed by atoms with Crippen LogP contribution in [0.4, 0.5) is 10.1 Å². The second kappa shape index (κ2) is 5.04.